The summed E-state index contributed by atoms with van der Waals surface area (Å²) >= 11 is 0. The Labute approximate surface area is 171 Å². The second kappa shape index (κ2) is 8.13. The third kappa shape index (κ3) is 4.43. The van der Waals surface area contributed by atoms with Gasteiger partial charge in [-0.3, -0.25) is 9.80 Å². The lowest BCUT2D eigenvalue weighted by molar-refractivity contribution is 0.120. The maximum atomic E-state index is 12.1. The van der Waals surface area contributed by atoms with Gasteiger partial charge in [-0.15, -0.1) is 0 Å². The highest BCUT2D eigenvalue weighted by atomic mass is 16.5. The second-order valence-corrected chi connectivity index (χ2v) is 8.43. The molecule has 3 aromatic rings. The van der Waals surface area contributed by atoms with Crippen molar-refractivity contribution in [3.8, 4) is 0 Å². The number of piperazine rings is 1. The van der Waals surface area contributed by atoms with Crippen molar-refractivity contribution < 1.29 is 8.94 Å². The van der Waals surface area contributed by atoms with E-state index in [1.807, 2.05) is 19.1 Å². The summed E-state index contributed by atoms with van der Waals surface area (Å²) in [6.45, 7) is 13.8. The summed E-state index contributed by atoms with van der Waals surface area (Å²) in [6, 6.07) is 7.87. The zero-order valence-electron chi connectivity index (χ0n) is 17.7. The van der Waals surface area contributed by atoms with Crippen LogP contribution in [0.4, 0.5) is 0 Å². The monoisotopic (exact) mass is 395 g/mol. The molecule has 6 nitrogen and oxygen atoms in total. The minimum absolute atomic E-state index is 0.274. The van der Waals surface area contributed by atoms with Gasteiger partial charge in [0, 0.05) is 56.8 Å². The Morgan fingerprint density at radius 1 is 1.00 bits per heavy atom. The van der Waals surface area contributed by atoms with Crippen molar-refractivity contribution in [1.29, 1.82) is 0 Å². The fourth-order valence-electron chi connectivity index (χ4n) is 4.21. The summed E-state index contributed by atoms with van der Waals surface area (Å²) in [7, 11) is 0. The van der Waals surface area contributed by atoms with Crippen LogP contribution >= 0.6 is 0 Å². The summed E-state index contributed by atoms with van der Waals surface area (Å²) in [5, 5.41) is 5.15. The summed E-state index contributed by atoms with van der Waals surface area (Å²) in [5.41, 5.74) is 4.93. The molecule has 0 aliphatic carbocycles. The Balaban J connectivity index is 1.49. The predicted molar refractivity (Wildman–Crippen MR) is 113 cm³/mol. The van der Waals surface area contributed by atoms with Crippen LogP contribution in [0.2, 0.25) is 0 Å². The molecule has 0 saturated carbocycles. The minimum atomic E-state index is -0.274. The van der Waals surface area contributed by atoms with E-state index < -0.39 is 0 Å². The second-order valence-electron chi connectivity index (χ2n) is 8.43. The van der Waals surface area contributed by atoms with E-state index in [0.29, 0.717) is 11.5 Å². The first kappa shape index (κ1) is 19.9. The van der Waals surface area contributed by atoms with E-state index in [9.17, 15) is 4.79 Å². The first-order valence-electron chi connectivity index (χ1n) is 10.3. The molecule has 0 bridgehead atoms. The van der Waals surface area contributed by atoms with Gasteiger partial charge in [0.1, 0.15) is 11.3 Å². The zero-order chi connectivity index (χ0) is 20.5. The molecular weight excluding hydrogens is 366 g/mol. The average Bonchev–Trinajstić information content (AvgIpc) is 3.07. The van der Waals surface area contributed by atoms with Gasteiger partial charge in [-0.2, -0.15) is 0 Å². The van der Waals surface area contributed by atoms with Crippen molar-refractivity contribution in [1.82, 2.24) is 15.0 Å². The molecule has 6 heteroatoms. The molecular formula is C23H29N3O3. The smallest absolute Gasteiger partial charge is 0.336 e. The number of hydrogen-bond donors (Lipinski definition) is 0. The first-order chi connectivity index (χ1) is 13.9. The van der Waals surface area contributed by atoms with Crippen molar-refractivity contribution in [2.24, 2.45) is 0 Å². The molecule has 1 aromatic carbocycles. The van der Waals surface area contributed by atoms with Gasteiger partial charge in [0.15, 0.2) is 0 Å². The molecule has 0 amide bonds. The highest BCUT2D eigenvalue weighted by molar-refractivity contribution is 5.82. The fourth-order valence-corrected chi connectivity index (χ4v) is 4.21. The van der Waals surface area contributed by atoms with Crippen molar-refractivity contribution >= 4 is 11.0 Å². The van der Waals surface area contributed by atoms with Gasteiger partial charge in [0.25, 0.3) is 0 Å². The topological polar surface area (TPSA) is 62.7 Å². The molecule has 0 radical (unpaired) electrons. The number of benzene rings is 1. The molecule has 1 fully saturated rings. The van der Waals surface area contributed by atoms with Gasteiger partial charge >= 0.3 is 5.63 Å². The molecule has 0 N–H and O–H groups in total. The molecule has 0 atom stereocenters. The van der Waals surface area contributed by atoms with Crippen LogP contribution in [0.25, 0.3) is 11.0 Å². The fraction of sp³-hybridized carbons (Fsp3) is 0.478. The largest absolute Gasteiger partial charge is 0.423 e. The van der Waals surface area contributed by atoms with Crippen LogP contribution in [0.15, 0.2) is 38.0 Å². The van der Waals surface area contributed by atoms with Crippen LogP contribution in [0.5, 0.6) is 0 Å². The maximum absolute atomic E-state index is 12.1. The molecule has 1 aliphatic heterocycles. The van der Waals surface area contributed by atoms with Crippen molar-refractivity contribution in [3.63, 3.8) is 0 Å². The quantitative estimate of drug-likeness (QED) is 0.612. The van der Waals surface area contributed by atoms with E-state index in [4.69, 9.17) is 8.94 Å². The number of hydrogen-bond acceptors (Lipinski definition) is 6. The molecule has 3 heterocycles. The van der Waals surface area contributed by atoms with E-state index in [-0.39, 0.29) is 5.63 Å². The third-order valence-electron chi connectivity index (χ3n) is 5.76. The van der Waals surface area contributed by atoms with Gasteiger partial charge in [0.2, 0.25) is 0 Å². The Morgan fingerprint density at radius 3 is 2.31 bits per heavy atom. The molecule has 2 aromatic heterocycles. The van der Waals surface area contributed by atoms with Crippen LogP contribution in [-0.2, 0) is 13.1 Å². The van der Waals surface area contributed by atoms with E-state index in [1.54, 1.807) is 6.07 Å². The van der Waals surface area contributed by atoms with E-state index in [0.717, 1.165) is 61.7 Å². The Hall–Kier alpha value is -2.44. The number of aryl methyl sites for hydroxylation is 2. The van der Waals surface area contributed by atoms with Gasteiger partial charge in [0.05, 0.1) is 5.69 Å². The SMILES string of the molecule is Cc1cc(CN2CCN(Cc3cc(=O)oc4cc(C)c(C(C)C)cc34)CC2)no1. The number of fused-ring (bicyclic) bond motifs is 1. The minimum Gasteiger partial charge on any atom is -0.423 e. The van der Waals surface area contributed by atoms with Crippen molar-refractivity contribution in [2.45, 2.75) is 46.7 Å². The Bertz CT molecular complexity index is 1060. The summed E-state index contributed by atoms with van der Waals surface area (Å²) in [4.78, 5) is 16.9. The number of aromatic nitrogens is 1. The Morgan fingerprint density at radius 2 is 1.69 bits per heavy atom. The van der Waals surface area contributed by atoms with Crippen molar-refractivity contribution in [3.05, 3.63) is 62.8 Å². The molecule has 1 aliphatic rings. The van der Waals surface area contributed by atoms with Crippen LogP contribution < -0.4 is 5.63 Å². The van der Waals surface area contributed by atoms with Gasteiger partial charge < -0.3 is 8.94 Å². The van der Waals surface area contributed by atoms with Gasteiger partial charge in [-0.1, -0.05) is 19.0 Å². The molecule has 0 unspecified atom stereocenters. The summed E-state index contributed by atoms with van der Waals surface area (Å²) in [6.07, 6.45) is 0. The molecule has 0 spiro atoms. The predicted octanol–water partition coefficient (Wildman–Crippen LogP) is 3.84. The highest BCUT2D eigenvalue weighted by Gasteiger charge is 2.20. The lowest BCUT2D eigenvalue weighted by Gasteiger charge is -2.34. The summed E-state index contributed by atoms with van der Waals surface area (Å²) in [5.74, 6) is 1.28. The van der Waals surface area contributed by atoms with Crippen LogP contribution in [0.1, 0.15) is 47.9 Å². The lowest BCUT2D eigenvalue weighted by atomic mass is 9.95. The third-order valence-corrected chi connectivity index (χ3v) is 5.76. The lowest BCUT2D eigenvalue weighted by Crippen LogP contribution is -2.45. The van der Waals surface area contributed by atoms with Gasteiger partial charge in [-0.25, -0.2) is 4.79 Å². The Kier molecular flexibility index (Phi) is 5.56. The van der Waals surface area contributed by atoms with E-state index in [1.165, 1.54) is 11.1 Å². The van der Waals surface area contributed by atoms with Crippen LogP contribution in [0, 0.1) is 13.8 Å². The highest BCUT2D eigenvalue weighted by Crippen LogP contribution is 2.27. The summed E-state index contributed by atoms with van der Waals surface area (Å²) < 4.78 is 10.7. The molecule has 4 rings (SSSR count). The van der Waals surface area contributed by atoms with E-state index >= 15 is 0 Å². The maximum Gasteiger partial charge on any atom is 0.336 e. The number of nitrogens with zero attached hydrogens (tertiary/aromatic N) is 3. The standard InChI is InChI=1S/C23H29N3O3/c1-15(2)20-12-21-18(11-23(27)28-22(21)9-16(20)3)13-25-5-7-26(8-6-25)14-19-10-17(4)29-24-19/h9-12,15H,5-8,13-14H2,1-4H3. The average molecular weight is 396 g/mol. The molecule has 29 heavy (non-hydrogen) atoms. The number of rotatable bonds is 5. The van der Waals surface area contributed by atoms with Crippen molar-refractivity contribution in [2.75, 3.05) is 26.2 Å². The zero-order valence-corrected chi connectivity index (χ0v) is 17.7. The van der Waals surface area contributed by atoms with Gasteiger partial charge in [-0.05, 0) is 48.6 Å². The first-order valence-corrected chi connectivity index (χ1v) is 10.3. The normalized spacial score (nSPS) is 16.2. The molecule has 1 saturated heterocycles. The molecule has 154 valence electrons. The van der Waals surface area contributed by atoms with E-state index in [2.05, 4.69) is 41.8 Å². The van der Waals surface area contributed by atoms with Crippen LogP contribution in [-0.4, -0.2) is 41.1 Å². The van der Waals surface area contributed by atoms with Crippen LogP contribution in [0.3, 0.4) is 0 Å².